The predicted octanol–water partition coefficient (Wildman–Crippen LogP) is 1.75. The average molecular weight is 382 g/mol. The number of benzene rings is 2. The molecule has 0 fully saturated rings. The predicted molar refractivity (Wildman–Crippen MR) is 92.1 cm³/mol. The zero-order valence-corrected chi connectivity index (χ0v) is 15.0. The fraction of sp³-hybridized carbons (Fsp3) is 0.294. The maximum absolute atomic E-state index is 12.9. The Morgan fingerprint density at radius 2 is 1.84 bits per heavy atom. The first-order chi connectivity index (χ1) is 11.9. The van der Waals surface area contributed by atoms with Crippen LogP contribution >= 0.6 is 0 Å². The standard InChI is InChI=1S/C17H18O6S2/c18-9-4-10-23-13-7-8-15-16(11-13)24(19,20)12-17(15)25(21,22)14-5-2-1-3-6-14/h1-3,5-8,11,17-18H,4,9-10,12H2. The zero-order valence-electron chi connectivity index (χ0n) is 13.3. The van der Waals surface area contributed by atoms with Gasteiger partial charge in [-0.25, -0.2) is 16.8 Å². The molecular weight excluding hydrogens is 364 g/mol. The third-order valence-electron chi connectivity index (χ3n) is 4.06. The highest BCUT2D eigenvalue weighted by molar-refractivity contribution is 7.96. The van der Waals surface area contributed by atoms with Gasteiger partial charge in [-0.15, -0.1) is 0 Å². The van der Waals surface area contributed by atoms with Crippen molar-refractivity contribution in [3.8, 4) is 5.75 Å². The molecule has 134 valence electrons. The summed E-state index contributed by atoms with van der Waals surface area (Å²) >= 11 is 0. The second-order valence-electron chi connectivity index (χ2n) is 5.75. The van der Waals surface area contributed by atoms with E-state index in [-0.39, 0.29) is 28.6 Å². The Labute approximate surface area is 146 Å². The van der Waals surface area contributed by atoms with Crippen LogP contribution in [0.5, 0.6) is 5.75 Å². The summed E-state index contributed by atoms with van der Waals surface area (Å²) in [6.45, 7) is 0.224. The van der Waals surface area contributed by atoms with Gasteiger partial charge in [-0.2, -0.15) is 0 Å². The number of ether oxygens (including phenoxy) is 1. The number of hydrogen-bond acceptors (Lipinski definition) is 6. The second kappa shape index (κ2) is 6.78. The first kappa shape index (κ1) is 17.9. The third kappa shape index (κ3) is 3.42. The van der Waals surface area contributed by atoms with Crippen molar-refractivity contribution in [2.45, 2.75) is 21.5 Å². The summed E-state index contributed by atoms with van der Waals surface area (Å²) < 4.78 is 56.0. The minimum absolute atomic E-state index is 0.00138. The van der Waals surface area contributed by atoms with E-state index in [4.69, 9.17) is 9.84 Å². The molecule has 1 unspecified atom stereocenters. The molecule has 6 nitrogen and oxygen atoms in total. The van der Waals surface area contributed by atoms with Gasteiger partial charge < -0.3 is 9.84 Å². The first-order valence-electron chi connectivity index (χ1n) is 7.75. The highest BCUT2D eigenvalue weighted by Gasteiger charge is 2.43. The van der Waals surface area contributed by atoms with E-state index in [1.807, 2.05) is 0 Å². The van der Waals surface area contributed by atoms with Gasteiger partial charge in [0.15, 0.2) is 19.7 Å². The Hall–Kier alpha value is -1.90. The largest absolute Gasteiger partial charge is 0.493 e. The summed E-state index contributed by atoms with van der Waals surface area (Å²) in [5, 5.41) is 7.65. The molecule has 0 radical (unpaired) electrons. The van der Waals surface area contributed by atoms with Crippen LogP contribution in [-0.4, -0.2) is 40.9 Å². The van der Waals surface area contributed by atoms with Crippen molar-refractivity contribution in [3.63, 3.8) is 0 Å². The summed E-state index contributed by atoms with van der Waals surface area (Å²) in [5.41, 5.74) is 0.276. The van der Waals surface area contributed by atoms with Crippen molar-refractivity contribution < 1.29 is 26.7 Å². The monoisotopic (exact) mass is 382 g/mol. The molecule has 3 rings (SSSR count). The molecule has 0 aliphatic carbocycles. The SMILES string of the molecule is O=S1(=O)CC(S(=O)(=O)c2ccccc2)c2ccc(OCCCO)cc21. The lowest BCUT2D eigenvalue weighted by atomic mass is 10.1. The van der Waals surface area contributed by atoms with Gasteiger partial charge in [-0.3, -0.25) is 0 Å². The number of sulfone groups is 2. The van der Waals surface area contributed by atoms with Crippen LogP contribution in [0.2, 0.25) is 0 Å². The maximum Gasteiger partial charge on any atom is 0.186 e. The van der Waals surface area contributed by atoms with Crippen LogP contribution in [0, 0.1) is 0 Å². The van der Waals surface area contributed by atoms with Gasteiger partial charge in [0.1, 0.15) is 11.0 Å². The molecule has 0 aromatic heterocycles. The lowest BCUT2D eigenvalue weighted by Crippen LogP contribution is -2.15. The Kier molecular flexibility index (Phi) is 4.86. The van der Waals surface area contributed by atoms with Crippen molar-refractivity contribution in [1.29, 1.82) is 0 Å². The highest BCUT2D eigenvalue weighted by atomic mass is 32.2. The molecule has 1 atom stereocenters. The van der Waals surface area contributed by atoms with Gasteiger partial charge in [0, 0.05) is 13.0 Å². The van der Waals surface area contributed by atoms with Gasteiger partial charge >= 0.3 is 0 Å². The smallest absolute Gasteiger partial charge is 0.186 e. The topological polar surface area (TPSA) is 97.7 Å². The van der Waals surface area contributed by atoms with Crippen molar-refractivity contribution in [3.05, 3.63) is 54.1 Å². The lowest BCUT2D eigenvalue weighted by molar-refractivity contribution is 0.233. The fourth-order valence-corrected chi connectivity index (χ4v) is 7.16. The van der Waals surface area contributed by atoms with Crippen LogP contribution in [-0.2, 0) is 19.7 Å². The zero-order chi connectivity index (χ0) is 18.1. The second-order valence-corrected chi connectivity index (χ2v) is 9.89. The van der Waals surface area contributed by atoms with E-state index in [0.717, 1.165) is 0 Å². The molecule has 0 amide bonds. The molecule has 2 aromatic carbocycles. The summed E-state index contributed by atoms with van der Waals surface area (Å²) in [4.78, 5) is 0.102. The molecule has 0 saturated carbocycles. The van der Waals surface area contributed by atoms with Crippen LogP contribution in [0.25, 0.3) is 0 Å². The lowest BCUT2D eigenvalue weighted by Gasteiger charge is -2.12. The van der Waals surface area contributed by atoms with E-state index >= 15 is 0 Å². The Morgan fingerprint density at radius 1 is 1.12 bits per heavy atom. The number of hydrogen-bond donors (Lipinski definition) is 1. The van der Waals surface area contributed by atoms with Crippen molar-refractivity contribution in [2.75, 3.05) is 19.0 Å². The normalized spacial score (nSPS) is 18.7. The van der Waals surface area contributed by atoms with Crippen LogP contribution in [0.3, 0.4) is 0 Å². The van der Waals surface area contributed by atoms with Gasteiger partial charge in [0.25, 0.3) is 0 Å². The molecule has 1 aliphatic rings. The quantitative estimate of drug-likeness (QED) is 0.765. The molecule has 1 heterocycles. The Bertz CT molecular complexity index is 965. The molecule has 1 aliphatic heterocycles. The first-order valence-corrected chi connectivity index (χ1v) is 11.0. The number of aliphatic hydroxyl groups is 1. The number of rotatable bonds is 6. The van der Waals surface area contributed by atoms with Crippen molar-refractivity contribution >= 4 is 19.7 Å². The minimum Gasteiger partial charge on any atom is -0.493 e. The van der Waals surface area contributed by atoms with E-state index in [0.29, 0.717) is 12.2 Å². The van der Waals surface area contributed by atoms with Crippen molar-refractivity contribution in [2.24, 2.45) is 0 Å². The third-order valence-corrected chi connectivity index (χ3v) is 8.16. The molecule has 1 N–H and O–H groups in total. The Balaban J connectivity index is 2.00. The van der Waals surface area contributed by atoms with Crippen LogP contribution in [0.1, 0.15) is 17.2 Å². The molecule has 0 saturated heterocycles. The minimum atomic E-state index is -3.81. The molecule has 25 heavy (non-hydrogen) atoms. The van der Waals surface area contributed by atoms with Gasteiger partial charge in [-0.1, -0.05) is 24.3 Å². The van der Waals surface area contributed by atoms with E-state index < -0.39 is 30.7 Å². The van der Waals surface area contributed by atoms with E-state index in [9.17, 15) is 16.8 Å². The van der Waals surface area contributed by atoms with E-state index in [1.54, 1.807) is 24.3 Å². The summed E-state index contributed by atoms with van der Waals surface area (Å²) in [6, 6.07) is 12.3. The molecule has 0 bridgehead atoms. The Morgan fingerprint density at radius 3 is 2.52 bits per heavy atom. The van der Waals surface area contributed by atoms with Gasteiger partial charge in [0.2, 0.25) is 0 Å². The number of fused-ring (bicyclic) bond motifs is 1. The van der Waals surface area contributed by atoms with Crippen LogP contribution in [0.15, 0.2) is 58.3 Å². The molecule has 8 heteroatoms. The van der Waals surface area contributed by atoms with Crippen molar-refractivity contribution in [1.82, 2.24) is 0 Å². The molecule has 0 spiro atoms. The summed E-state index contributed by atoms with van der Waals surface area (Å²) in [7, 11) is -7.52. The summed E-state index contributed by atoms with van der Waals surface area (Å²) in [5.74, 6) is -0.131. The van der Waals surface area contributed by atoms with Gasteiger partial charge in [0.05, 0.1) is 22.2 Å². The fourth-order valence-electron chi connectivity index (χ4n) is 2.80. The van der Waals surface area contributed by atoms with Gasteiger partial charge in [-0.05, 0) is 29.8 Å². The average Bonchev–Trinajstić information content (AvgIpc) is 2.88. The van der Waals surface area contributed by atoms with E-state index in [2.05, 4.69) is 0 Å². The molecular formula is C17H18O6S2. The molecule has 2 aromatic rings. The maximum atomic E-state index is 12.9. The van der Waals surface area contributed by atoms with Crippen LogP contribution in [0.4, 0.5) is 0 Å². The van der Waals surface area contributed by atoms with E-state index in [1.165, 1.54) is 24.3 Å². The van der Waals surface area contributed by atoms with Crippen LogP contribution < -0.4 is 4.74 Å². The number of aliphatic hydroxyl groups excluding tert-OH is 1. The highest BCUT2D eigenvalue weighted by Crippen LogP contribution is 2.42. The summed E-state index contributed by atoms with van der Waals surface area (Å²) in [6.07, 6.45) is 0.425.